The zero-order chi connectivity index (χ0) is 37.7. The van der Waals surface area contributed by atoms with E-state index in [0.717, 1.165) is 22.3 Å². The van der Waals surface area contributed by atoms with Crippen molar-refractivity contribution in [3.63, 3.8) is 0 Å². The van der Waals surface area contributed by atoms with E-state index in [-0.39, 0.29) is 32.5 Å². The Morgan fingerprint density at radius 2 is 1.79 bits per heavy atom. The zero-order valence-corrected chi connectivity index (χ0v) is 30.7. The van der Waals surface area contributed by atoms with Crippen molar-refractivity contribution in [2.24, 2.45) is 16.5 Å². The molecule has 0 radical (unpaired) electrons. The number of nitrogens with zero attached hydrogens (tertiary/aromatic N) is 2. The Labute approximate surface area is 308 Å². The molecule has 4 N–H and O–H groups in total. The van der Waals surface area contributed by atoms with E-state index >= 15 is 0 Å². The Balaban J connectivity index is 1.22. The summed E-state index contributed by atoms with van der Waals surface area (Å²) in [6.07, 6.45) is 5.34. The van der Waals surface area contributed by atoms with Gasteiger partial charge in [0.1, 0.15) is 41.8 Å². The molecule has 1 saturated heterocycles. The van der Waals surface area contributed by atoms with Crippen LogP contribution in [0.2, 0.25) is 0 Å². The molecule has 0 spiro atoms. The van der Waals surface area contributed by atoms with Crippen molar-refractivity contribution in [3.05, 3.63) is 78.4 Å². The van der Waals surface area contributed by atoms with Gasteiger partial charge in [-0.15, -0.1) is 6.58 Å². The summed E-state index contributed by atoms with van der Waals surface area (Å²) in [6.45, 7) is 9.56. The molecule has 53 heavy (non-hydrogen) atoms. The van der Waals surface area contributed by atoms with Gasteiger partial charge in [-0.3, -0.25) is 19.1 Å². The first-order valence-electron chi connectivity index (χ1n) is 17.8. The molecule has 2 aromatic carbocycles. The van der Waals surface area contributed by atoms with Crippen LogP contribution in [0.25, 0.3) is 11.1 Å². The smallest absolute Gasteiger partial charge is 0.315 e. The standard InChI is InChI=1S/C38H44N6O8S/c1-5-22-20-38(22,35(47)43-53(49,50)25-13-14-25)41-33(45)30-19-24-21-44(30)34(46)32(37(2,3)4)40-36(48)39-16-8-9-17-51-23-12-15-27-26-10-6-7-11-28(26)31(42-52-24)29(27)18-23/h5-12,15,18,22,24-25,30,32H,1,13-14,16-17,19-21H2,2-4H3,(H,41,45)(H,43,47)(H2,39,40,48)/b9-8+,42-31+/t22-,24?,30?,32-,38?/m1/s1. The van der Waals surface area contributed by atoms with Crippen LogP contribution in [0, 0.1) is 11.3 Å². The van der Waals surface area contributed by atoms with E-state index < -0.39 is 74.1 Å². The normalized spacial score (nSPS) is 28.5. The Morgan fingerprint density at radius 1 is 1.06 bits per heavy atom. The fourth-order valence-electron chi connectivity index (χ4n) is 7.17. The second kappa shape index (κ2) is 13.7. The van der Waals surface area contributed by atoms with Crippen LogP contribution in [0.15, 0.2) is 72.4 Å². The van der Waals surface area contributed by atoms with Gasteiger partial charge in [0, 0.05) is 30.0 Å². The van der Waals surface area contributed by atoms with Crippen LogP contribution >= 0.6 is 0 Å². The van der Waals surface area contributed by atoms with Crippen LogP contribution in [0.3, 0.4) is 0 Å². The highest BCUT2D eigenvalue weighted by Crippen LogP contribution is 2.46. The first kappa shape index (κ1) is 36.2. The molecule has 3 aliphatic carbocycles. The number of fused-ring (bicyclic) bond motifs is 6. The van der Waals surface area contributed by atoms with Crippen molar-refractivity contribution in [3.8, 4) is 16.9 Å². The third-order valence-electron chi connectivity index (χ3n) is 10.4. The van der Waals surface area contributed by atoms with Gasteiger partial charge in [-0.2, -0.15) is 0 Å². The summed E-state index contributed by atoms with van der Waals surface area (Å²) in [5, 5.41) is 12.3. The van der Waals surface area contributed by atoms with Gasteiger partial charge >= 0.3 is 6.03 Å². The third kappa shape index (κ3) is 7.13. The van der Waals surface area contributed by atoms with E-state index in [1.165, 1.54) is 11.0 Å². The number of oxime groups is 1. The summed E-state index contributed by atoms with van der Waals surface area (Å²) in [5.74, 6) is -1.94. The molecule has 3 fully saturated rings. The summed E-state index contributed by atoms with van der Waals surface area (Å²) in [5.41, 5.74) is 1.82. The SMILES string of the molecule is C=C[C@@H]1CC1(NC(=O)C1CC2CN1C(=O)[C@H](C(C)(C)C)NC(=O)NC/C=C/COc1ccc3c(c1)/C(=N/O2)c1ccccc1-3)C(=O)NS(=O)(=O)C1CC1. The monoisotopic (exact) mass is 744 g/mol. The second-order valence-electron chi connectivity index (χ2n) is 15.3. The number of sulfonamides is 1. The number of hydrogen-bond donors (Lipinski definition) is 4. The average molecular weight is 745 g/mol. The molecular formula is C38H44N6O8S. The number of urea groups is 1. The van der Waals surface area contributed by atoms with Crippen LogP contribution in [0.4, 0.5) is 4.79 Å². The molecule has 0 aromatic heterocycles. The van der Waals surface area contributed by atoms with Crippen molar-refractivity contribution < 1.29 is 37.2 Å². The molecule has 7 rings (SSSR count). The Kier molecular flexibility index (Phi) is 9.33. The lowest BCUT2D eigenvalue weighted by Gasteiger charge is -2.35. The molecule has 15 heteroatoms. The highest BCUT2D eigenvalue weighted by Gasteiger charge is 2.62. The molecule has 5 aliphatic rings. The molecule has 4 bridgehead atoms. The maximum Gasteiger partial charge on any atom is 0.315 e. The lowest BCUT2D eigenvalue weighted by Crippen LogP contribution is -2.61. The minimum absolute atomic E-state index is 0.0106. The van der Waals surface area contributed by atoms with Gasteiger partial charge in [0.2, 0.25) is 21.8 Å². The van der Waals surface area contributed by atoms with Gasteiger partial charge < -0.3 is 30.4 Å². The Morgan fingerprint density at radius 3 is 2.49 bits per heavy atom. The maximum atomic E-state index is 14.5. The number of carbonyl (C=O) groups is 4. The topological polar surface area (TPSA) is 185 Å². The first-order valence-corrected chi connectivity index (χ1v) is 19.4. The molecular weight excluding hydrogens is 701 g/mol. The number of amides is 5. The first-order chi connectivity index (χ1) is 25.2. The summed E-state index contributed by atoms with van der Waals surface area (Å²) >= 11 is 0. The average Bonchev–Trinajstić information content (AvgIpc) is 4.03. The van der Waals surface area contributed by atoms with E-state index in [1.54, 1.807) is 32.9 Å². The number of nitrogens with one attached hydrogen (secondary N) is 4. The summed E-state index contributed by atoms with van der Waals surface area (Å²) < 4.78 is 33.5. The van der Waals surface area contributed by atoms with Gasteiger partial charge in [0.25, 0.3) is 5.91 Å². The Hall–Kier alpha value is -5.18. The minimum Gasteiger partial charge on any atom is -0.490 e. The quantitative estimate of drug-likeness (QED) is 0.278. The van der Waals surface area contributed by atoms with Crippen molar-refractivity contribution in [1.82, 2.24) is 25.6 Å². The van der Waals surface area contributed by atoms with E-state index in [4.69, 9.17) is 9.57 Å². The summed E-state index contributed by atoms with van der Waals surface area (Å²) in [6, 6.07) is 10.7. The summed E-state index contributed by atoms with van der Waals surface area (Å²) in [4.78, 5) is 62.8. The largest absolute Gasteiger partial charge is 0.490 e. The third-order valence-corrected chi connectivity index (χ3v) is 12.2. The van der Waals surface area contributed by atoms with E-state index in [0.29, 0.717) is 24.3 Å². The molecule has 280 valence electrons. The van der Waals surface area contributed by atoms with Crippen molar-refractivity contribution in [1.29, 1.82) is 0 Å². The summed E-state index contributed by atoms with van der Waals surface area (Å²) in [7, 11) is -3.90. The number of carbonyl (C=O) groups excluding carboxylic acids is 4. The molecule has 2 saturated carbocycles. The van der Waals surface area contributed by atoms with Crippen molar-refractivity contribution >= 4 is 39.5 Å². The maximum absolute atomic E-state index is 14.5. The molecule has 2 heterocycles. The predicted molar refractivity (Wildman–Crippen MR) is 196 cm³/mol. The Bertz CT molecular complexity index is 2040. The van der Waals surface area contributed by atoms with Gasteiger partial charge in [0.05, 0.1) is 11.8 Å². The van der Waals surface area contributed by atoms with Gasteiger partial charge in [-0.1, -0.05) is 62.3 Å². The highest BCUT2D eigenvalue weighted by atomic mass is 32.2. The zero-order valence-electron chi connectivity index (χ0n) is 29.9. The molecule has 5 atom stereocenters. The number of benzene rings is 2. The molecule has 5 amide bonds. The molecule has 2 aromatic rings. The predicted octanol–water partition coefficient (Wildman–Crippen LogP) is 2.74. The van der Waals surface area contributed by atoms with E-state index in [1.807, 2.05) is 42.5 Å². The molecule has 2 aliphatic heterocycles. The molecule has 14 nitrogen and oxygen atoms in total. The van der Waals surface area contributed by atoms with Crippen LogP contribution < -0.4 is 25.4 Å². The van der Waals surface area contributed by atoms with E-state index in [2.05, 4.69) is 32.4 Å². The van der Waals surface area contributed by atoms with Gasteiger partial charge in [-0.05, 0) is 60.1 Å². The number of rotatable bonds is 6. The van der Waals surface area contributed by atoms with Crippen LogP contribution in [0.1, 0.15) is 57.6 Å². The number of hydrogen-bond acceptors (Lipinski definition) is 9. The minimum atomic E-state index is -3.90. The highest BCUT2D eigenvalue weighted by molar-refractivity contribution is 7.91. The fraction of sp³-hybridized carbons (Fsp3) is 0.447. The van der Waals surface area contributed by atoms with Crippen LogP contribution in [-0.2, 0) is 29.2 Å². The lowest BCUT2D eigenvalue weighted by molar-refractivity contribution is -0.142. The van der Waals surface area contributed by atoms with Crippen LogP contribution in [0.5, 0.6) is 5.75 Å². The number of ether oxygens (including phenoxy) is 1. The van der Waals surface area contributed by atoms with Gasteiger partial charge in [-0.25, -0.2) is 13.2 Å². The van der Waals surface area contributed by atoms with Crippen LogP contribution in [-0.4, -0.2) is 91.5 Å². The lowest BCUT2D eigenvalue weighted by atomic mass is 9.85. The van der Waals surface area contributed by atoms with Crippen molar-refractivity contribution in [2.45, 2.75) is 75.4 Å². The van der Waals surface area contributed by atoms with E-state index in [9.17, 15) is 27.6 Å². The second-order valence-corrected chi connectivity index (χ2v) is 17.2. The fourth-order valence-corrected chi connectivity index (χ4v) is 8.53. The van der Waals surface area contributed by atoms with Gasteiger partial charge in [0.15, 0.2) is 0 Å². The van der Waals surface area contributed by atoms with Crippen molar-refractivity contribution in [2.75, 3.05) is 19.7 Å². The molecule has 3 unspecified atom stereocenters.